The first-order valence-electron chi connectivity index (χ1n) is 12.6. The Morgan fingerprint density at radius 2 is 1.76 bits per heavy atom. The van der Waals surface area contributed by atoms with E-state index in [0.29, 0.717) is 6.42 Å². The molecule has 1 aromatic carbocycles. The molecule has 2 unspecified atom stereocenters. The zero-order valence-electron chi connectivity index (χ0n) is 20.7. The van der Waals surface area contributed by atoms with Gasteiger partial charge in [0.25, 0.3) is 0 Å². The number of fused-ring (bicyclic) bond motifs is 2. The van der Waals surface area contributed by atoms with Gasteiger partial charge in [-0.3, -0.25) is 9.69 Å². The van der Waals surface area contributed by atoms with Gasteiger partial charge < -0.3 is 15.0 Å². The number of carbonyl (C=O) groups excluding carboxylic acids is 2. The number of rotatable bonds is 6. The summed E-state index contributed by atoms with van der Waals surface area (Å²) in [7, 11) is 2.17. The summed E-state index contributed by atoms with van der Waals surface area (Å²) in [6.45, 7) is 10.3. The monoisotopic (exact) mass is 475 g/mol. The Labute approximate surface area is 205 Å². The minimum Gasteiger partial charge on any atom is -0.349 e. The maximum atomic E-state index is 11.8. The molecule has 1 heterocycles. The first-order valence-corrected chi connectivity index (χ1v) is 13.0. The number of amides is 1. The number of likely N-dealkylation sites (N-methyl/N-ethyl adjacent to an activating group) is 1. The van der Waals surface area contributed by atoms with Crippen molar-refractivity contribution in [3.8, 4) is 0 Å². The number of hydrogen-bond acceptors (Lipinski definition) is 4. The Kier molecular flexibility index (Phi) is 9.78. The highest BCUT2D eigenvalue weighted by molar-refractivity contribution is 6.31. The molecule has 3 aliphatic rings. The molecule has 2 aliphatic carbocycles. The third-order valence-corrected chi connectivity index (χ3v) is 7.99. The molecule has 1 N–H and O–H groups in total. The Morgan fingerprint density at radius 3 is 2.36 bits per heavy atom. The summed E-state index contributed by atoms with van der Waals surface area (Å²) < 4.78 is 0. The highest BCUT2D eigenvalue weighted by Gasteiger charge is 2.41. The lowest BCUT2D eigenvalue weighted by atomic mass is 9.58. The fourth-order valence-electron chi connectivity index (χ4n) is 6.33. The largest absolute Gasteiger partial charge is 0.349 e. The van der Waals surface area contributed by atoms with E-state index in [2.05, 4.69) is 48.1 Å². The first-order chi connectivity index (χ1) is 15.8. The number of nitrogens with zero attached hydrogens (tertiary/aromatic N) is 2. The highest BCUT2D eigenvalue weighted by Crippen LogP contribution is 2.51. The Hall–Kier alpha value is -1.43. The van der Waals surface area contributed by atoms with Crippen molar-refractivity contribution in [2.75, 3.05) is 39.8 Å². The van der Waals surface area contributed by atoms with E-state index in [4.69, 9.17) is 11.6 Å². The Morgan fingerprint density at radius 1 is 1.12 bits per heavy atom. The number of halogens is 1. The van der Waals surface area contributed by atoms with E-state index in [0.717, 1.165) is 61.8 Å². The summed E-state index contributed by atoms with van der Waals surface area (Å²) in [5.41, 5.74) is 1.39. The third-order valence-electron chi connectivity index (χ3n) is 7.62. The van der Waals surface area contributed by atoms with Crippen molar-refractivity contribution >= 4 is 23.8 Å². The third kappa shape index (κ3) is 8.38. The fourth-order valence-corrected chi connectivity index (χ4v) is 6.53. The molecule has 2 atom stereocenters. The zero-order chi connectivity index (χ0) is 23.8. The molecular formula is C27H42ClN3O2. The molecule has 0 spiro atoms. The number of carbonyl (C=O) groups is 2. The zero-order valence-corrected chi connectivity index (χ0v) is 21.4. The molecule has 33 heavy (non-hydrogen) atoms. The van der Waals surface area contributed by atoms with E-state index >= 15 is 0 Å². The SMILES string of the molecule is CC1CC2CC(C1)CC(C)(CC(=O)NCC=O)C2.CN1CCN(Cc2ccccc2Cl)CC1. The van der Waals surface area contributed by atoms with Crippen LogP contribution in [0.2, 0.25) is 5.02 Å². The van der Waals surface area contributed by atoms with Crippen molar-refractivity contribution in [2.45, 2.75) is 58.9 Å². The molecule has 1 aromatic rings. The number of aldehydes is 1. The minimum absolute atomic E-state index is 0.0395. The minimum atomic E-state index is 0.0395. The van der Waals surface area contributed by atoms with Gasteiger partial charge in [-0.2, -0.15) is 0 Å². The Bertz CT molecular complexity index is 760. The lowest BCUT2D eigenvalue weighted by Crippen LogP contribution is -2.43. The lowest BCUT2D eigenvalue weighted by Gasteiger charge is -2.47. The van der Waals surface area contributed by atoms with Crippen LogP contribution in [0.4, 0.5) is 0 Å². The second-order valence-electron chi connectivity index (χ2n) is 11.1. The van der Waals surface area contributed by atoms with Gasteiger partial charge in [-0.1, -0.05) is 43.6 Å². The van der Waals surface area contributed by atoms with E-state index in [9.17, 15) is 9.59 Å². The van der Waals surface area contributed by atoms with Gasteiger partial charge in [0.2, 0.25) is 5.91 Å². The maximum absolute atomic E-state index is 11.8. The van der Waals surface area contributed by atoms with Crippen molar-refractivity contribution in [1.82, 2.24) is 15.1 Å². The van der Waals surface area contributed by atoms with E-state index in [1.54, 1.807) is 0 Å². The van der Waals surface area contributed by atoms with Crippen LogP contribution in [0, 0.1) is 23.2 Å². The molecule has 3 fully saturated rings. The van der Waals surface area contributed by atoms with Crippen molar-refractivity contribution < 1.29 is 9.59 Å². The van der Waals surface area contributed by atoms with Gasteiger partial charge in [0.1, 0.15) is 6.29 Å². The quantitative estimate of drug-likeness (QED) is 0.609. The predicted octanol–water partition coefficient (Wildman–Crippen LogP) is 4.63. The summed E-state index contributed by atoms with van der Waals surface area (Å²) in [6.07, 6.45) is 7.74. The van der Waals surface area contributed by atoms with E-state index < -0.39 is 0 Å². The molecule has 1 saturated heterocycles. The maximum Gasteiger partial charge on any atom is 0.220 e. The second kappa shape index (κ2) is 12.3. The summed E-state index contributed by atoms with van der Waals surface area (Å²) in [5.74, 6) is 2.53. The van der Waals surface area contributed by atoms with E-state index in [1.807, 2.05) is 12.1 Å². The van der Waals surface area contributed by atoms with Crippen LogP contribution in [0.15, 0.2) is 24.3 Å². The van der Waals surface area contributed by atoms with Gasteiger partial charge in [-0.05, 0) is 74.0 Å². The van der Waals surface area contributed by atoms with E-state index in [1.165, 1.54) is 37.7 Å². The molecule has 184 valence electrons. The number of hydrogen-bond donors (Lipinski definition) is 1. The predicted molar refractivity (Wildman–Crippen MR) is 135 cm³/mol. The van der Waals surface area contributed by atoms with Gasteiger partial charge in [0, 0.05) is 44.2 Å². The molecule has 5 nitrogen and oxygen atoms in total. The highest BCUT2D eigenvalue weighted by atomic mass is 35.5. The van der Waals surface area contributed by atoms with Crippen LogP contribution in [0.3, 0.4) is 0 Å². The topological polar surface area (TPSA) is 52.7 Å². The summed E-state index contributed by atoms with van der Waals surface area (Å²) >= 11 is 6.14. The molecule has 2 saturated carbocycles. The van der Waals surface area contributed by atoms with Gasteiger partial charge in [0.15, 0.2) is 0 Å². The Balaban J connectivity index is 0.000000189. The summed E-state index contributed by atoms with van der Waals surface area (Å²) in [5, 5.41) is 3.56. The molecule has 1 aliphatic heterocycles. The summed E-state index contributed by atoms with van der Waals surface area (Å²) in [6, 6.07) is 8.11. The molecule has 4 rings (SSSR count). The van der Waals surface area contributed by atoms with Crippen molar-refractivity contribution in [2.24, 2.45) is 23.2 Å². The number of piperazine rings is 1. The van der Waals surface area contributed by atoms with Crippen molar-refractivity contribution in [3.63, 3.8) is 0 Å². The van der Waals surface area contributed by atoms with Crippen LogP contribution in [0.5, 0.6) is 0 Å². The molecule has 2 bridgehead atoms. The van der Waals surface area contributed by atoms with Gasteiger partial charge in [-0.15, -0.1) is 0 Å². The average Bonchev–Trinajstić information content (AvgIpc) is 2.74. The molecule has 1 amide bonds. The average molecular weight is 476 g/mol. The van der Waals surface area contributed by atoms with Crippen LogP contribution >= 0.6 is 11.6 Å². The van der Waals surface area contributed by atoms with Gasteiger partial charge in [-0.25, -0.2) is 0 Å². The van der Waals surface area contributed by atoms with Crippen molar-refractivity contribution in [3.05, 3.63) is 34.9 Å². The van der Waals surface area contributed by atoms with Crippen LogP contribution in [-0.4, -0.2) is 61.8 Å². The van der Waals surface area contributed by atoms with Crippen LogP contribution in [0.25, 0.3) is 0 Å². The number of benzene rings is 1. The van der Waals surface area contributed by atoms with Crippen LogP contribution in [-0.2, 0) is 16.1 Å². The summed E-state index contributed by atoms with van der Waals surface area (Å²) in [4.78, 5) is 26.9. The molecule has 0 aromatic heterocycles. The number of nitrogens with one attached hydrogen (secondary N) is 1. The van der Waals surface area contributed by atoms with Crippen LogP contribution in [0.1, 0.15) is 57.9 Å². The standard InChI is InChI=1S/C15H25NO2.C12H17ClN2/c1-11-5-12-7-13(6-11)9-15(2,8-12)10-14(18)16-3-4-17;1-14-6-8-15(9-7-14)10-11-4-2-3-5-12(11)13/h4,11-13H,3,5-10H2,1-2H3,(H,16,18);2-5H,6-10H2,1H3. The molecule has 0 radical (unpaired) electrons. The van der Waals surface area contributed by atoms with E-state index in [-0.39, 0.29) is 17.9 Å². The lowest BCUT2D eigenvalue weighted by molar-refractivity contribution is -0.125. The fraction of sp³-hybridized carbons (Fsp3) is 0.704. The van der Waals surface area contributed by atoms with Gasteiger partial charge in [0.05, 0.1) is 6.54 Å². The molecular weight excluding hydrogens is 434 g/mol. The normalized spacial score (nSPS) is 30.1. The van der Waals surface area contributed by atoms with Crippen LogP contribution < -0.4 is 5.32 Å². The van der Waals surface area contributed by atoms with Crippen molar-refractivity contribution in [1.29, 1.82) is 0 Å². The smallest absolute Gasteiger partial charge is 0.220 e. The molecule has 6 heteroatoms. The first kappa shape index (κ1) is 26.2. The second-order valence-corrected chi connectivity index (χ2v) is 11.5. The van der Waals surface area contributed by atoms with Gasteiger partial charge >= 0.3 is 0 Å².